The first kappa shape index (κ1) is 25.2. The predicted molar refractivity (Wildman–Crippen MR) is 120 cm³/mol. The predicted octanol–water partition coefficient (Wildman–Crippen LogP) is 3.14. The van der Waals surface area contributed by atoms with Gasteiger partial charge in [-0.3, -0.25) is 14.2 Å². The average Bonchev–Trinajstić information content (AvgIpc) is 2.64. The summed E-state index contributed by atoms with van der Waals surface area (Å²) in [5.74, 6) is -0.471. The van der Waals surface area contributed by atoms with Crippen LogP contribution in [0.15, 0.2) is 28.2 Å². The summed E-state index contributed by atoms with van der Waals surface area (Å²) < 4.78 is 20.6. The van der Waals surface area contributed by atoms with Gasteiger partial charge in [-0.1, -0.05) is 0 Å². The van der Waals surface area contributed by atoms with E-state index in [0.29, 0.717) is 22.2 Å². The average molecular weight is 541 g/mol. The van der Waals surface area contributed by atoms with Gasteiger partial charge in [0.1, 0.15) is 5.82 Å². The maximum absolute atomic E-state index is 13.9. The van der Waals surface area contributed by atoms with Gasteiger partial charge in [-0.15, -0.1) is 45.7 Å². The molecule has 0 spiro atoms. The molecule has 1 N–H and O–H groups in total. The molecule has 0 saturated carbocycles. The van der Waals surface area contributed by atoms with Gasteiger partial charge in [0.15, 0.2) is 5.78 Å². The second-order valence-electron chi connectivity index (χ2n) is 6.40. The number of fused-ring (bicyclic) bond motifs is 1. The molecule has 1 aromatic heterocycles. The van der Waals surface area contributed by atoms with E-state index < -0.39 is 5.82 Å². The number of nitrogens with zero attached hydrogens (tertiary/aromatic N) is 2. The van der Waals surface area contributed by atoms with Crippen LogP contribution in [-0.4, -0.2) is 47.4 Å². The number of halogens is 3. The second-order valence-corrected chi connectivity index (χ2v) is 7.25. The number of rotatable bonds is 6. The van der Waals surface area contributed by atoms with Crippen molar-refractivity contribution in [3.63, 3.8) is 0 Å². The number of benzene rings is 1. The van der Waals surface area contributed by atoms with Crippen molar-refractivity contribution < 1.29 is 13.9 Å². The summed E-state index contributed by atoms with van der Waals surface area (Å²) in [5, 5.41) is 3.63. The zero-order valence-electron chi connectivity index (χ0n) is 15.6. The van der Waals surface area contributed by atoms with Crippen LogP contribution in [0.25, 0.3) is 10.9 Å². The molecule has 1 fully saturated rings. The number of carbonyl (C=O) groups is 1. The lowest BCUT2D eigenvalue weighted by atomic mass is 9.96. The molecular formula is C18H24Br2FN3O3S. The highest BCUT2D eigenvalue weighted by molar-refractivity contribution is 8.93. The molecule has 1 aliphatic rings. The highest BCUT2D eigenvalue weighted by Crippen LogP contribution is 2.22. The Kier molecular flexibility index (Phi) is 10.3. The zero-order valence-corrected chi connectivity index (χ0v) is 19.9. The van der Waals surface area contributed by atoms with Crippen LogP contribution in [-0.2, 0) is 16.1 Å². The van der Waals surface area contributed by atoms with Crippen molar-refractivity contribution in [1.29, 1.82) is 0 Å². The normalized spacial score (nSPS) is 19.0. The Labute approximate surface area is 188 Å². The Balaban J connectivity index is 0.00000196. The Bertz CT molecular complexity index is 881. The van der Waals surface area contributed by atoms with E-state index in [1.54, 1.807) is 13.4 Å². The number of nitrogens with one attached hydrogen (secondary N) is 1. The van der Waals surface area contributed by atoms with Gasteiger partial charge in [-0.05, 0) is 31.7 Å². The van der Waals surface area contributed by atoms with E-state index >= 15 is 0 Å². The number of ether oxygens (including phenoxy) is 1. The van der Waals surface area contributed by atoms with E-state index in [2.05, 4.69) is 10.3 Å². The molecule has 0 aliphatic carbocycles. The van der Waals surface area contributed by atoms with E-state index in [4.69, 9.17) is 4.74 Å². The first-order valence-electron chi connectivity index (χ1n) is 8.54. The number of piperidine rings is 1. The number of hydrogen-bond acceptors (Lipinski definition) is 6. The third kappa shape index (κ3) is 5.63. The number of methoxy groups -OCH3 is 1. The van der Waals surface area contributed by atoms with Crippen LogP contribution in [0, 0.1) is 5.82 Å². The molecule has 1 saturated heterocycles. The monoisotopic (exact) mass is 539 g/mol. The fraction of sp³-hybridized carbons (Fsp3) is 0.500. The first-order chi connectivity index (χ1) is 12.5. The molecule has 3 rings (SSSR count). The molecule has 2 aromatic rings. The minimum absolute atomic E-state index is 0. The summed E-state index contributed by atoms with van der Waals surface area (Å²) in [4.78, 5) is 29.6. The van der Waals surface area contributed by atoms with Gasteiger partial charge >= 0.3 is 0 Å². The lowest BCUT2D eigenvalue weighted by Gasteiger charge is -2.31. The van der Waals surface area contributed by atoms with Crippen LogP contribution in [0.1, 0.15) is 19.3 Å². The Morgan fingerprint density at radius 2 is 2.18 bits per heavy atom. The third-order valence-corrected chi connectivity index (χ3v) is 5.47. The van der Waals surface area contributed by atoms with E-state index in [1.165, 1.54) is 34.8 Å². The van der Waals surface area contributed by atoms with E-state index in [1.807, 2.05) is 0 Å². The second kappa shape index (κ2) is 11.4. The molecule has 0 amide bonds. The van der Waals surface area contributed by atoms with Crippen molar-refractivity contribution in [1.82, 2.24) is 14.9 Å². The minimum atomic E-state index is -0.403. The quantitative estimate of drug-likeness (QED) is 0.567. The van der Waals surface area contributed by atoms with Crippen LogP contribution in [0.3, 0.4) is 0 Å². The lowest BCUT2D eigenvalue weighted by Crippen LogP contribution is -2.47. The molecule has 0 radical (unpaired) electrons. The van der Waals surface area contributed by atoms with Gasteiger partial charge in [0.2, 0.25) is 0 Å². The van der Waals surface area contributed by atoms with Crippen LogP contribution >= 0.6 is 45.7 Å². The van der Waals surface area contributed by atoms with Crippen molar-refractivity contribution in [3.8, 4) is 0 Å². The standard InChI is InChI=1S/C18H22FN3O3S.2BrH/c1-25-16-4-3-5-20-15(16)6-11(23)9-22-10-21-14-8-13(19)17(26-2)7-12(14)18(22)24;;/h7-8,10,15-16,20H,3-6,9H2,1-2H3;2*1H/t15-,16+;;/m0../s1. The van der Waals surface area contributed by atoms with Gasteiger partial charge in [-0.2, -0.15) is 0 Å². The molecule has 156 valence electrons. The summed E-state index contributed by atoms with van der Waals surface area (Å²) in [6.07, 6.45) is 5.29. The smallest absolute Gasteiger partial charge is 0.261 e. The number of thioether (sulfide) groups is 1. The molecular weight excluding hydrogens is 517 g/mol. The van der Waals surface area contributed by atoms with Gasteiger partial charge < -0.3 is 10.1 Å². The Hall–Kier alpha value is -0.810. The number of aromatic nitrogens is 2. The van der Waals surface area contributed by atoms with Gasteiger partial charge in [0.05, 0.1) is 29.9 Å². The van der Waals surface area contributed by atoms with Crippen molar-refractivity contribution in [2.75, 3.05) is 19.9 Å². The van der Waals surface area contributed by atoms with Crippen molar-refractivity contribution >= 4 is 62.4 Å². The summed E-state index contributed by atoms with van der Waals surface area (Å²) in [6.45, 7) is 0.806. The Morgan fingerprint density at radius 1 is 1.43 bits per heavy atom. The Morgan fingerprint density at radius 3 is 2.86 bits per heavy atom. The van der Waals surface area contributed by atoms with Crippen LogP contribution in [0.2, 0.25) is 0 Å². The summed E-state index contributed by atoms with van der Waals surface area (Å²) in [5.41, 5.74) is -0.0408. The molecule has 0 bridgehead atoms. The molecule has 1 aliphatic heterocycles. The summed E-state index contributed by atoms with van der Waals surface area (Å²) in [6, 6.07) is 2.71. The fourth-order valence-electron chi connectivity index (χ4n) is 3.34. The SMILES string of the molecule is Br.Br.CO[C@@H]1CCCN[C@H]1CC(=O)Cn1cnc2cc(F)c(SC)cc2c1=O. The van der Waals surface area contributed by atoms with Crippen LogP contribution < -0.4 is 10.9 Å². The van der Waals surface area contributed by atoms with Gasteiger partial charge in [0, 0.05) is 30.5 Å². The van der Waals surface area contributed by atoms with Crippen molar-refractivity contribution in [2.45, 2.75) is 42.8 Å². The zero-order chi connectivity index (χ0) is 18.7. The maximum atomic E-state index is 13.9. The van der Waals surface area contributed by atoms with E-state index in [9.17, 15) is 14.0 Å². The molecule has 28 heavy (non-hydrogen) atoms. The van der Waals surface area contributed by atoms with E-state index in [0.717, 1.165) is 19.4 Å². The lowest BCUT2D eigenvalue weighted by molar-refractivity contribution is -0.121. The molecule has 6 nitrogen and oxygen atoms in total. The number of hydrogen-bond donors (Lipinski definition) is 1. The topological polar surface area (TPSA) is 73.2 Å². The fourth-order valence-corrected chi connectivity index (χ4v) is 3.83. The largest absolute Gasteiger partial charge is 0.380 e. The van der Waals surface area contributed by atoms with Crippen LogP contribution in [0.5, 0.6) is 0 Å². The molecule has 2 atom stereocenters. The molecule has 0 unspecified atom stereocenters. The number of Topliss-reactive ketones (excluding diaryl/α,β-unsaturated/α-hetero) is 1. The highest BCUT2D eigenvalue weighted by Gasteiger charge is 2.26. The van der Waals surface area contributed by atoms with Gasteiger partial charge in [0.25, 0.3) is 5.56 Å². The number of carbonyl (C=O) groups excluding carboxylic acids is 1. The maximum Gasteiger partial charge on any atom is 0.261 e. The van der Waals surface area contributed by atoms with Crippen molar-refractivity contribution in [2.24, 2.45) is 0 Å². The van der Waals surface area contributed by atoms with Gasteiger partial charge in [-0.25, -0.2) is 9.37 Å². The van der Waals surface area contributed by atoms with E-state index in [-0.39, 0.29) is 64.0 Å². The van der Waals surface area contributed by atoms with Crippen LogP contribution in [0.4, 0.5) is 4.39 Å². The van der Waals surface area contributed by atoms with Crippen molar-refractivity contribution in [3.05, 3.63) is 34.6 Å². The third-order valence-electron chi connectivity index (χ3n) is 4.72. The molecule has 10 heteroatoms. The summed E-state index contributed by atoms with van der Waals surface area (Å²) in [7, 11) is 1.65. The molecule has 2 heterocycles. The summed E-state index contributed by atoms with van der Waals surface area (Å²) >= 11 is 1.22. The minimum Gasteiger partial charge on any atom is -0.380 e. The number of ketones is 1. The molecule has 1 aromatic carbocycles. The first-order valence-corrected chi connectivity index (χ1v) is 9.76. The highest BCUT2D eigenvalue weighted by atomic mass is 79.9.